The quantitative estimate of drug-likeness (QED) is 0.764. The Morgan fingerprint density at radius 3 is 1.88 bits per heavy atom. The molecule has 1 aliphatic carbocycles. The molecule has 3 rings (SSSR count). The molecule has 0 spiro atoms. The van der Waals surface area contributed by atoms with Crippen LogP contribution in [-0.2, 0) is 0 Å². The fourth-order valence-electron chi connectivity index (χ4n) is 4.72. The summed E-state index contributed by atoms with van der Waals surface area (Å²) >= 11 is 0. The molecule has 2 aliphatic rings. The summed E-state index contributed by atoms with van der Waals surface area (Å²) in [5.41, 5.74) is 2.70. The first kappa shape index (κ1) is 19.9. The largest absolute Gasteiger partial charge is 0.298 e. The summed E-state index contributed by atoms with van der Waals surface area (Å²) in [6, 6.07) is 4.45. The average molecular weight is 361 g/mol. The second kappa shape index (κ2) is 8.43. The highest BCUT2D eigenvalue weighted by Gasteiger charge is 2.31. The van der Waals surface area contributed by atoms with E-state index in [0.29, 0.717) is 23.9 Å². The highest BCUT2D eigenvalue weighted by atomic mass is 15.3. The number of piperazine rings is 1. The molecule has 4 heteroatoms. The van der Waals surface area contributed by atoms with Crippen molar-refractivity contribution in [3.63, 3.8) is 0 Å². The Bertz CT molecular complexity index is 559. The minimum absolute atomic E-state index is 0.516. The van der Waals surface area contributed by atoms with Crippen LogP contribution < -0.4 is 0 Å². The molecule has 1 saturated heterocycles. The third-order valence-corrected chi connectivity index (χ3v) is 6.57. The van der Waals surface area contributed by atoms with Crippen LogP contribution in [0.15, 0.2) is 6.07 Å². The van der Waals surface area contributed by atoms with Crippen LogP contribution in [0.3, 0.4) is 0 Å². The van der Waals surface area contributed by atoms with Crippen molar-refractivity contribution in [3.8, 4) is 0 Å². The molecule has 0 atom stereocenters. The van der Waals surface area contributed by atoms with Crippen molar-refractivity contribution in [1.82, 2.24) is 19.6 Å². The predicted octanol–water partition coefficient (Wildman–Crippen LogP) is 4.64. The molecule has 0 aromatic carbocycles. The summed E-state index contributed by atoms with van der Waals surface area (Å²) in [5, 5.41) is 5.02. The van der Waals surface area contributed by atoms with Crippen molar-refractivity contribution in [2.45, 2.75) is 97.2 Å². The molecule has 0 bridgehead atoms. The summed E-state index contributed by atoms with van der Waals surface area (Å²) in [5.74, 6) is 1.07. The molecule has 2 fully saturated rings. The summed E-state index contributed by atoms with van der Waals surface area (Å²) in [4.78, 5) is 5.38. The van der Waals surface area contributed by atoms with Gasteiger partial charge < -0.3 is 0 Å². The Kier molecular flexibility index (Phi) is 6.45. The van der Waals surface area contributed by atoms with Crippen LogP contribution in [0.25, 0.3) is 0 Å². The lowest BCUT2D eigenvalue weighted by atomic mass is 9.89. The summed E-state index contributed by atoms with van der Waals surface area (Å²) in [6.07, 6.45) is 5.24. The first-order valence-corrected chi connectivity index (χ1v) is 10.9. The van der Waals surface area contributed by atoms with Crippen molar-refractivity contribution in [1.29, 1.82) is 0 Å². The molecule has 26 heavy (non-hydrogen) atoms. The molecule has 1 saturated carbocycles. The van der Waals surface area contributed by atoms with E-state index in [-0.39, 0.29) is 0 Å². The number of hydrogen-bond donors (Lipinski definition) is 0. The van der Waals surface area contributed by atoms with Gasteiger partial charge in [0.2, 0.25) is 0 Å². The van der Waals surface area contributed by atoms with Crippen molar-refractivity contribution >= 4 is 0 Å². The van der Waals surface area contributed by atoms with Gasteiger partial charge in [-0.15, -0.1) is 0 Å². The average Bonchev–Trinajstić information content (AvgIpc) is 3.08. The van der Waals surface area contributed by atoms with Crippen molar-refractivity contribution in [2.24, 2.45) is 0 Å². The van der Waals surface area contributed by atoms with E-state index >= 15 is 0 Å². The van der Waals surface area contributed by atoms with E-state index in [0.717, 1.165) is 6.04 Å². The molecule has 2 heterocycles. The van der Waals surface area contributed by atoms with Crippen LogP contribution in [0.1, 0.15) is 96.5 Å². The Morgan fingerprint density at radius 2 is 1.38 bits per heavy atom. The smallest absolute Gasteiger partial charge is 0.0653 e. The van der Waals surface area contributed by atoms with Gasteiger partial charge in [0.05, 0.1) is 11.7 Å². The number of nitrogens with zero attached hydrogens (tertiary/aromatic N) is 4. The molecule has 4 nitrogen and oxygen atoms in total. The summed E-state index contributed by atoms with van der Waals surface area (Å²) in [7, 11) is 0. The normalized spacial score (nSPS) is 26.3. The molecule has 0 radical (unpaired) electrons. The van der Waals surface area contributed by atoms with Gasteiger partial charge in [-0.3, -0.25) is 14.5 Å². The highest BCUT2D eigenvalue weighted by Crippen LogP contribution is 2.34. The zero-order chi connectivity index (χ0) is 18.8. The Labute approximate surface area is 160 Å². The van der Waals surface area contributed by atoms with Crippen molar-refractivity contribution < 1.29 is 0 Å². The molecular formula is C22H40N4. The van der Waals surface area contributed by atoms with Gasteiger partial charge in [-0.25, -0.2) is 0 Å². The van der Waals surface area contributed by atoms with Gasteiger partial charge >= 0.3 is 0 Å². The molecule has 1 aliphatic heterocycles. The third-order valence-electron chi connectivity index (χ3n) is 6.57. The maximum absolute atomic E-state index is 5.02. The lowest BCUT2D eigenvalue weighted by Crippen LogP contribution is -2.52. The van der Waals surface area contributed by atoms with Crippen LogP contribution in [0, 0.1) is 0 Å². The van der Waals surface area contributed by atoms with Crippen molar-refractivity contribution in [3.05, 3.63) is 17.5 Å². The lowest BCUT2D eigenvalue weighted by Gasteiger charge is -2.43. The van der Waals surface area contributed by atoms with E-state index in [1.807, 2.05) is 0 Å². The number of aromatic nitrogens is 2. The molecular weight excluding hydrogens is 320 g/mol. The highest BCUT2D eigenvalue weighted by molar-refractivity contribution is 5.17. The second-order valence-corrected chi connectivity index (χ2v) is 9.38. The van der Waals surface area contributed by atoms with Gasteiger partial charge in [0, 0.05) is 44.0 Å². The zero-order valence-electron chi connectivity index (χ0n) is 17.9. The van der Waals surface area contributed by atoms with Gasteiger partial charge in [0.1, 0.15) is 0 Å². The fourth-order valence-corrected chi connectivity index (χ4v) is 4.72. The fraction of sp³-hybridized carbons (Fsp3) is 0.864. The van der Waals surface area contributed by atoms with Gasteiger partial charge in [-0.1, -0.05) is 27.7 Å². The van der Waals surface area contributed by atoms with E-state index in [1.165, 1.54) is 63.3 Å². The van der Waals surface area contributed by atoms with Gasteiger partial charge in [0.25, 0.3) is 0 Å². The van der Waals surface area contributed by atoms with Crippen LogP contribution in [0.4, 0.5) is 0 Å². The van der Waals surface area contributed by atoms with Crippen LogP contribution in [-0.4, -0.2) is 57.8 Å². The predicted molar refractivity (Wildman–Crippen MR) is 110 cm³/mol. The minimum atomic E-state index is 0.516. The van der Waals surface area contributed by atoms with E-state index in [1.54, 1.807) is 0 Å². The molecule has 0 unspecified atom stereocenters. The topological polar surface area (TPSA) is 24.3 Å². The molecule has 148 valence electrons. The van der Waals surface area contributed by atoms with Crippen LogP contribution in [0.5, 0.6) is 0 Å². The minimum Gasteiger partial charge on any atom is -0.298 e. The lowest BCUT2D eigenvalue weighted by molar-refractivity contribution is 0.0572. The van der Waals surface area contributed by atoms with E-state index < -0.39 is 0 Å². The number of hydrogen-bond acceptors (Lipinski definition) is 3. The SMILES string of the molecule is CC(C)c1cc(C(C)C)n(C2CCC(N3CCN(C(C)C)CC3)CC2)n1. The van der Waals surface area contributed by atoms with Crippen molar-refractivity contribution in [2.75, 3.05) is 26.2 Å². The maximum Gasteiger partial charge on any atom is 0.0653 e. The molecule has 0 N–H and O–H groups in total. The first-order valence-electron chi connectivity index (χ1n) is 10.9. The molecule has 1 aromatic rings. The van der Waals surface area contributed by atoms with E-state index in [2.05, 4.69) is 62.1 Å². The zero-order valence-corrected chi connectivity index (χ0v) is 17.9. The standard InChI is InChI=1S/C22H40N4/c1-16(2)21-15-22(17(3)4)26(23-21)20-9-7-19(8-10-20)25-13-11-24(12-14-25)18(5)6/h15-20H,7-14H2,1-6H3. The van der Waals surface area contributed by atoms with Crippen LogP contribution in [0.2, 0.25) is 0 Å². The Balaban J connectivity index is 1.59. The summed E-state index contributed by atoms with van der Waals surface area (Å²) in [6.45, 7) is 18.8. The summed E-state index contributed by atoms with van der Waals surface area (Å²) < 4.78 is 2.40. The molecule has 1 aromatic heterocycles. The second-order valence-electron chi connectivity index (χ2n) is 9.38. The monoisotopic (exact) mass is 360 g/mol. The Hall–Kier alpha value is -0.870. The molecule has 0 amide bonds. The van der Waals surface area contributed by atoms with E-state index in [4.69, 9.17) is 5.10 Å². The van der Waals surface area contributed by atoms with Gasteiger partial charge in [-0.05, 0) is 57.4 Å². The Morgan fingerprint density at radius 1 is 0.808 bits per heavy atom. The third kappa shape index (κ3) is 4.33. The first-order chi connectivity index (χ1) is 12.4. The maximum atomic E-state index is 5.02. The van der Waals surface area contributed by atoms with Crippen LogP contribution >= 0.6 is 0 Å². The number of rotatable bonds is 5. The van der Waals surface area contributed by atoms with Gasteiger partial charge in [-0.2, -0.15) is 5.10 Å². The van der Waals surface area contributed by atoms with Gasteiger partial charge in [0.15, 0.2) is 0 Å². The van der Waals surface area contributed by atoms with E-state index in [9.17, 15) is 0 Å².